The molecule has 0 radical (unpaired) electrons. The average Bonchev–Trinajstić information content (AvgIpc) is 2.98. The molecule has 4 aliphatic carbocycles. The molecule has 0 aromatic rings. The lowest BCUT2D eigenvalue weighted by Gasteiger charge is -2.61. The Labute approximate surface area is 202 Å². The summed E-state index contributed by atoms with van der Waals surface area (Å²) in [4.78, 5) is 13.3. The predicted octanol–water partition coefficient (Wildman–Crippen LogP) is 1.71. The maximum absolute atomic E-state index is 13.3. The van der Waals surface area contributed by atoms with E-state index in [1.54, 1.807) is 13.8 Å². The molecule has 6 N–H and O–H groups in total. The highest BCUT2D eigenvalue weighted by Gasteiger charge is 2.69. The van der Waals surface area contributed by atoms with E-state index in [0.717, 1.165) is 0 Å². The van der Waals surface area contributed by atoms with Gasteiger partial charge in [0.25, 0.3) is 0 Å². The second-order valence-electron chi connectivity index (χ2n) is 13.1. The predicted molar refractivity (Wildman–Crippen MR) is 127 cm³/mol. The van der Waals surface area contributed by atoms with E-state index >= 15 is 0 Å². The van der Waals surface area contributed by atoms with Crippen LogP contribution in [0.3, 0.4) is 0 Å². The van der Waals surface area contributed by atoms with Gasteiger partial charge < -0.3 is 30.6 Å². The summed E-state index contributed by atoms with van der Waals surface area (Å²) in [7, 11) is 0. The van der Waals surface area contributed by atoms with Gasteiger partial charge in [0.15, 0.2) is 5.78 Å². The van der Waals surface area contributed by atoms with E-state index in [1.165, 1.54) is 6.08 Å². The van der Waals surface area contributed by atoms with Gasteiger partial charge in [-0.3, -0.25) is 4.79 Å². The number of hydrogen-bond donors (Lipinski definition) is 6. The van der Waals surface area contributed by atoms with E-state index in [0.29, 0.717) is 37.7 Å². The van der Waals surface area contributed by atoms with Crippen molar-refractivity contribution in [1.82, 2.24) is 0 Å². The minimum atomic E-state index is -1.28. The second kappa shape index (κ2) is 8.35. The van der Waals surface area contributed by atoms with E-state index in [2.05, 4.69) is 0 Å². The highest BCUT2D eigenvalue weighted by Crippen LogP contribution is 2.68. The first-order valence-corrected chi connectivity index (χ1v) is 13.0. The van der Waals surface area contributed by atoms with Gasteiger partial charge in [0, 0.05) is 17.3 Å². The maximum atomic E-state index is 13.3. The van der Waals surface area contributed by atoms with E-state index < -0.39 is 58.3 Å². The van der Waals surface area contributed by atoms with Gasteiger partial charge in [-0.1, -0.05) is 20.8 Å². The summed E-state index contributed by atoms with van der Waals surface area (Å²) < 4.78 is 0. The Kier molecular flexibility index (Phi) is 6.45. The van der Waals surface area contributed by atoms with Gasteiger partial charge in [-0.2, -0.15) is 0 Å². The fourth-order valence-corrected chi connectivity index (χ4v) is 8.40. The van der Waals surface area contributed by atoms with Crippen LogP contribution in [0.5, 0.6) is 0 Å². The largest absolute Gasteiger partial charge is 0.393 e. The highest BCUT2D eigenvalue weighted by atomic mass is 16.3. The summed E-state index contributed by atoms with van der Waals surface area (Å²) in [6.45, 7) is 9.31. The third-order valence-corrected chi connectivity index (χ3v) is 10.4. The van der Waals surface area contributed by atoms with Crippen LogP contribution in [0.2, 0.25) is 0 Å². The molecule has 0 heterocycles. The Morgan fingerprint density at radius 3 is 2.38 bits per heavy atom. The summed E-state index contributed by atoms with van der Waals surface area (Å²) in [6, 6.07) is 0. The fourth-order valence-electron chi connectivity index (χ4n) is 8.40. The Bertz CT molecular complexity index is 848. The highest BCUT2D eigenvalue weighted by molar-refractivity contribution is 5.95. The van der Waals surface area contributed by atoms with Crippen molar-refractivity contribution in [2.45, 2.75) is 115 Å². The second-order valence-corrected chi connectivity index (χ2v) is 13.1. The molecule has 0 unspecified atom stereocenters. The normalized spacial score (nSPS) is 48.4. The molecule has 7 heteroatoms. The molecule has 34 heavy (non-hydrogen) atoms. The van der Waals surface area contributed by atoms with Crippen molar-refractivity contribution in [3.05, 3.63) is 11.6 Å². The number of rotatable bonds is 5. The zero-order valence-corrected chi connectivity index (χ0v) is 21.2. The summed E-state index contributed by atoms with van der Waals surface area (Å²) in [6.07, 6.45) is 0.869. The third kappa shape index (κ3) is 3.82. The Hall–Kier alpha value is -0.830. The molecule has 194 valence electrons. The maximum Gasteiger partial charge on any atom is 0.159 e. The van der Waals surface area contributed by atoms with Crippen molar-refractivity contribution in [3.8, 4) is 0 Å². The standard InChI is InChI=1S/C27H44O7/c1-14(18(28)7-8-24(2,3)33)15-6-9-27(34)17-11-19(29)16-10-20(30)21(31)12-25(16,4)23(17)22(32)13-26(15,27)5/h11,14-16,18,20-23,28,30-34H,6-10,12-13H2,1-5H3/t14-,15+,16-,18+,20+,21-,22+,23+,25-,26+,27+/m0/s1. The monoisotopic (exact) mass is 480 g/mol. The van der Waals surface area contributed by atoms with Crippen molar-refractivity contribution in [2.24, 2.45) is 34.5 Å². The summed E-state index contributed by atoms with van der Waals surface area (Å²) >= 11 is 0. The van der Waals surface area contributed by atoms with Gasteiger partial charge in [-0.25, -0.2) is 0 Å². The molecule has 4 rings (SSSR count). The van der Waals surface area contributed by atoms with Gasteiger partial charge in [-0.05, 0) is 87.7 Å². The van der Waals surface area contributed by atoms with Gasteiger partial charge in [-0.15, -0.1) is 0 Å². The molecule has 11 atom stereocenters. The number of aliphatic hydroxyl groups is 6. The molecule has 0 bridgehead atoms. The van der Waals surface area contributed by atoms with E-state index in [4.69, 9.17) is 0 Å². The number of allylic oxidation sites excluding steroid dienone is 1. The number of fused-ring (bicyclic) bond motifs is 5. The average molecular weight is 481 g/mol. The Morgan fingerprint density at radius 1 is 1.12 bits per heavy atom. The van der Waals surface area contributed by atoms with Crippen molar-refractivity contribution >= 4 is 5.78 Å². The number of hydrogen-bond acceptors (Lipinski definition) is 7. The summed E-state index contributed by atoms with van der Waals surface area (Å²) in [5.74, 6) is -1.33. The van der Waals surface area contributed by atoms with Crippen molar-refractivity contribution in [1.29, 1.82) is 0 Å². The van der Waals surface area contributed by atoms with Gasteiger partial charge in [0.1, 0.15) is 0 Å². The molecule has 0 aromatic carbocycles. The smallest absolute Gasteiger partial charge is 0.159 e. The van der Waals surface area contributed by atoms with Gasteiger partial charge in [0.2, 0.25) is 0 Å². The van der Waals surface area contributed by atoms with Crippen LogP contribution in [-0.4, -0.2) is 72.0 Å². The summed E-state index contributed by atoms with van der Waals surface area (Å²) in [5.41, 5.74) is -3.04. The Morgan fingerprint density at radius 2 is 1.76 bits per heavy atom. The molecule has 0 amide bonds. The van der Waals surface area contributed by atoms with Crippen LogP contribution in [0.15, 0.2) is 11.6 Å². The minimum absolute atomic E-state index is 0.0646. The zero-order valence-electron chi connectivity index (χ0n) is 21.2. The first-order chi connectivity index (χ1) is 15.5. The van der Waals surface area contributed by atoms with Crippen LogP contribution >= 0.6 is 0 Å². The number of carbonyl (C=O) groups excluding carboxylic acids is 1. The first-order valence-electron chi connectivity index (χ1n) is 13.0. The minimum Gasteiger partial charge on any atom is -0.393 e. The quantitative estimate of drug-likeness (QED) is 0.352. The molecule has 0 saturated heterocycles. The number of ketones is 1. The molecule has 3 saturated carbocycles. The molecule has 0 aliphatic heterocycles. The summed E-state index contributed by atoms with van der Waals surface area (Å²) in [5, 5.41) is 65.4. The molecule has 4 aliphatic rings. The van der Waals surface area contributed by atoms with Crippen LogP contribution in [0.4, 0.5) is 0 Å². The fraction of sp³-hybridized carbons (Fsp3) is 0.889. The third-order valence-electron chi connectivity index (χ3n) is 10.4. The topological polar surface area (TPSA) is 138 Å². The van der Waals surface area contributed by atoms with E-state index in [9.17, 15) is 35.4 Å². The van der Waals surface area contributed by atoms with E-state index in [-0.39, 0.29) is 30.5 Å². The van der Waals surface area contributed by atoms with Crippen LogP contribution in [0, 0.1) is 34.5 Å². The lowest BCUT2D eigenvalue weighted by molar-refractivity contribution is -0.176. The van der Waals surface area contributed by atoms with Crippen LogP contribution in [0.1, 0.15) is 79.6 Å². The first kappa shape index (κ1) is 26.2. The Balaban J connectivity index is 1.67. The van der Waals surface area contributed by atoms with Crippen LogP contribution < -0.4 is 0 Å². The molecule has 0 spiro atoms. The van der Waals surface area contributed by atoms with Crippen molar-refractivity contribution in [3.63, 3.8) is 0 Å². The SMILES string of the molecule is C[C@H]([C@H](O)CCC(C)(C)O)[C@H]1CC[C@@]2(O)C3=CC(=O)[C@@H]4C[C@@H](O)[C@@H](O)C[C@]4(C)[C@H]3[C@H](O)C[C@]12C. The molecular formula is C27H44O7. The number of carbonyl (C=O) groups is 1. The van der Waals surface area contributed by atoms with E-state index in [1.807, 2.05) is 20.8 Å². The van der Waals surface area contributed by atoms with Gasteiger partial charge >= 0.3 is 0 Å². The molecule has 3 fully saturated rings. The van der Waals surface area contributed by atoms with Crippen LogP contribution in [0.25, 0.3) is 0 Å². The molecule has 7 nitrogen and oxygen atoms in total. The van der Waals surface area contributed by atoms with Gasteiger partial charge in [0.05, 0.1) is 35.6 Å². The number of aliphatic hydroxyl groups excluding tert-OH is 4. The lowest BCUT2D eigenvalue weighted by atomic mass is 9.45. The van der Waals surface area contributed by atoms with Crippen LogP contribution in [-0.2, 0) is 4.79 Å². The van der Waals surface area contributed by atoms with Crippen molar-refractivity contribution < 1.29 is 35.4 Å². The zero-order chi connectivity index (χ0) is 25.4. The van der Waals surface area contributed by atoms with Crippen molar-refractivity contribution in [2.75, 3.05) is 0 Å². The molecule has 0 aromatic heterocycles. The molecular weight excluding hydrogens is 436 g/mol. The lowest BCUT2D eigenvalue weighted by Crippen LogP contribution is -2.64.